The predicted molar refractivity (Wildman–Crippen MR) is 68.9 cm³/mol. The molecule has 0 radical (unpaired) electrons. The second kappa shape index (κ2) is 5.06. The molecule has 0 atom stereocenters. The van der Waals surface area contributed by atoms with Gasteiger partial charge in [-0.3, -0.25) is 5.41 Å². The minimum Gasteiger partial charge on any atom is -0.453 e. The van der Waals surface area contributed by atoms with Gasteiger partial charge in [0.05, 0.1) is 5.02 Å². The summed E-state index contributed by atoms with van der Waals surface area (Å²) in [5.41, 5.74) is 5.57. The molecular formula is C13H10ClFN2O. The number of benzene rings is 2. The van der Waals surface area contributed by atoms with Gasteiger partial charge >= 0.3 is 0 Å². The van der Waals surface area contributed by atoms with Gasteiger partial charge in [-0.15, -0.1) is 0 Å². The van der Waals surface area contributed by atoms with Crippen molar-refractivity contribution >= 4 is 17.4 Å². The van der Waals surface area contributed by atoms with E-state index in [0.717, 1.165) is 6.07 Å². The van der Waals surface area contributed by atoms with E-state index in [0.29, 0.717) is 16.3 Å². The number of nitrogens with one attached hydrogen (secondary N) is 1. The second-order valence-corrected chi connectivity index (χ2v) is 4.00. The average Bonchev–Trinajstić information content (AvgIpc) is 2.34. The van der Waals surface area contributed by atoms with Gasteiger partial charge in [-0.25, -0.2) is 4.39 Å². The quantitative estimate of drug-likeness (QED) is 0.658. The van der Waals surface area contributed by atoms with E-state index in [9.17, 15) is 4.39 Å². The molecule has 0 aliphatic rings. The SMILES string of the molecule is N=C(N)c1ccc(Oc2ccccc2Cl)c(F)c1. The summed E-state index contributed by atoms with van der Waals surface area (Å²) < 4.78 is 19.1. The minimum atomic E-state index is -0.595. The highest BCUT2D eigenvalue weighted by Crippen LogP contribution is 2.30. The van der Waals surface area contributed by atoms with Crippen molar-refractivity contribution in [1.29, 1.82) is 5.41 Å². The van der Waals surface area contributed by atoms with Crippen molar-refractivity contribution in [3.8, 4) is 11.5 Å². The van der Waals surface area contributed by atoms with Crippen LogP contribution in [-0.4, -0.2) is 5.84 Å². The fourth-order valence-electron chi connectivity index (χ4n) is 1.40. The van der Waals surface area contributed by atoms with E-state index >= 15 is 0 Å². The summed E-state index contributed by atoms with van der Waals surface area (Å²) in [7, 11) is 0. The number of nitrogen functional groups attached to an aromatic ring is 1. The molecule has 0 saturated carbocycles. The van der Waals surface area contributed by atoms with Gasteiger partial charge in [-0.2, -0.15) is 0 Å². The molecule has 0 fully saturated rings. The summed E-state index contributed by atoms with van der Waals surface area (Å²) >= 11 is 5.91. The van der Waals surface area contributed by atoms with Gasteiger partial charge in [0.25, 0.3) is 0 Å². The van der Waals surface area contributed by atoms with Crippen LogP contribution in [0.15, 0.2) is 42.5 Å². The molecule has 0 bridgehead atoms. The van der Waals surface area contributed by atoms with Gasteiger partial charge in [0.15, 0.2) is 11.6 Å². The molecule has 0 aliphatic heterocycles. The van der Waals surface area contributed by atoms with Crippen LogP contribution >= 0.6 is 11.6 Å². The van der Waals surface area contributed by atoms with Crippen LogP contribution in [-0.2, 0) is 0 Å². The summed E-state index contributed by atoms with van der Waals surface area (Å²) in [6, 6.07) is 10.9. The van der Waals surface area contributed by atoms with E-state index in [4.69, 9.17) is 27.5 Å². The first-order valence-corrected chi connectivity index (χ1v) is 5.52. The Kier molecular flexibility index (Phi) is 3.48. The van der Waals surface area contributed by atoms with Crippen LogP contribution in [0.5, 0.6) is 11.5 Å². The fourth-order valence-corrected chi connectivity index (χ4v) is 1.57. The Balaban J connectivity index is 2.30. The molecule has 0 spiro atoms. The molecule has 0 amide bonds. The maximum atomic E-state index is 13.7. The number of hydrogen-bond donors (Lipinski definition) is 2. The third-order valence-corrected chi connectivity index (χ3v) is 2.61. The Morgan fingerprint density at radius 1 is 1.17 bits per heavy atom. The number of nitrogens with two attached hydrogens (primary N) is 1. The number of halogens is 2. The molecule has 92 valence electrons. The second-order valence-electron chi connectivity index (χ2n) is 3.59. The normalized spacial score (nSPS) is 10.1. The Bertz CT molecular complexity index is 601. The standard InChI is InChI=1S/C13H10ClFN2O/c14-9-3-1-2-4-11(9)18-12-6-5-8(13(16)17)7-10(12)15/h1-7H,(H3,16,17). The van der Waals surface area contributed by atoms with Gasteiger partial charge in [0.1, 0.15) is 11.6 Å². The van der Waals surface area contributed by atoms with E-state index < -0.39 is 5.82 Å². The highest BCUT2D eigenvalue weighted by molar-refractivity contribution is 6.32. The lowest BCUT2D eigenvalue weighted by atomic mass is 10.2. The zero-order valence-electron chi connectivity index (χ0n) is 9.28. The third kappa shape index (κ3) is 2.60. The molecule has 2 aromatic carbocycles. The summed E-state index contributed by atoms with van der Waals surface area (Å²) in [4.78, 5) is 0. The van der Waals surface area contributed by atoms with E-state index in [1.807, 2.05) is 0 Å². The van der Waals surface area contributed by atoms with Crippen LogP contribution in [0.4, 0.5) is 4.39 Å². The molecule has 0 aromatic heterocycles. The number of amidine groups is 1. The molecule has 3 nitrogen and oxygen atoms in total. The maximum absolute atomic E-state index is 13.7. The van der Waals surface area contributed by atoms with E-state index in [2.05, 4.69) is 0 Å². The van der Waals surface area contributed by atoms with E-state index in [1.54, 1.807) is 24.3 Å². The summed E-state index contributed by atoms with van der Waals surface area (Å²) in [5, 5.41) is 7.60. The van der Waals surface area contributed by atoms with Crippen molar-refractivity contribution < 1.29 is 9.13 Å². The summed E-state index contributed by atoms with van der Waals surface area (Å²) in [6.45, 7) is 0. The van der Waals surface area contributed by atoms with Crippen molar-refractivity contribution in [3.63, 3.8) is 0 Å². The average molecular weight is 265 g/mol. The molecular weight excluding hydrogens is 255 g/mol. The van der Waals surface area contributed by atoms with Crippen molar-refractivity contribution in [3.05, 3.63) is 58.9 Å². The third-order valence-electron chi connectivity index (χ3n) is 2.30. The van der Waals surface area contributed by atoms with Crippen LogP contribution < -0.4 is 10.5 Å². The molecule has 0 heterocycles. The summed E-state index contributed by atoms with van der Waals surface area (Å²) in [6.07, 6.45) is 0. The molecule has 2 aromatic rings. The highest BCUT2D eigenvalue weighted by Gasteiger charge is 2.09. The van der Waals surface area contributed by atoms with Crippen LogP contribution in [0.2, 0.25) is 5.02 Å². The van der Waals surface area contributed by atoms with E-state index in [-0.39, 0.29) is 11.6 Å². The molecule has 5 heteroatoms. The largest absolute Gasteiger partial charge is 0.453 e. The van der Waals surface area contributed by atoms with Crippen molar-refractivity contribution in [1.82, 2.24) is 0 Å². The topological polar surface area (TPSA) is 59.1 Å². The lowest BCUT2D eigenvalue weighted by Gasteiger charge is -2.09. The highest BCUT2D eigenvalue weighted by atomic mass is 35.5. The molecule has 0 aliphatic carbocycles. The van der Waals surface area contributed by atoms with Gasteiger partial charge < -0.3 is 10.5 Å². The molecule has 0 saturated heterocycles. The van der Waals surface area contributed by atoms with Gasteiger partial charge in [0.2, 0.25) is 0 Å². The molecule has 3 N–H and O–H groups in total. The Labute approximate surface area is 108 Å². The van der Waals surface area contributed by atoms with Crippen LogP contribution in [0.25, 0.3) is 0 Å². The number of hydrogen-bond acceptors (Lipinski definition) is 2. The van der Waals surface area contributed by atoms with Crippen molar-refractivity contribution in [2.24, 2.45) is 5.73 Å². The Morgan fingerprint density at radius 2 is 1.89 bits per heavy atom. The van der Waals surface area contributed by atoms with Gasteiger partial charge in [0, 0.05) is 5.56 Å². The Morgan fingerprint density at radius 3 is 2.50 bits per heavy atom. The van der Waals surface area contributed by atoms with Crippen LogP contribution in [0, 0.1) is 11.2 Å². The van der Waals surface area contributed by atoms with Crippen molar-refractivity contribution in [2.75, 3.05) is 0 Å². The maximum Gasteiger partial charge on any atom is 0.166 e. The number of rotatable bonds is 3. The molecule has 18 heavy (non-hydrogen) atoms. The van der Waals surface area contributed by atoms with Gasteiger partial charge in [-0.1, -0.05) is 23.7 Å². The molecule has 2 rings (SSSR count). The minimum absolute atomic E-state index is 0.0353. The number of ether oxygens (including phenoxy) is 1. The Hall–Kier alpha value is -2.07. The first-order chi connectivity index (χ1) is 8.58. The van der Waals surface area contributed by atoms with Crippen LogP contribution in [0.3, 0.4) is 0 Å². The lowest BCUT2D eigenvalue weighted by molar-refractivity contribution is 0.442. The zero-order chi connectivity index (χ0) is 13.1. The van der Waals surface area contributed by atoms with Gasteiger partial charge in [-0.05, 0) is 30.3 Å². The monoisotopic (exact) mass is 264 g/mol. The zero-order valence-corrected chi connectivity index (χ0v) is 10.0. The fraction of sp³-hybridized carbons (Fsp3) is 0. The first-order valence-electron chi connectivity index (χ1n) is 5.14. The molecule has 0 unspecified atom stereocenters. The van der Waals surface area contributed by atoms with Crippen LogP contribution in [0.1, 0.15) is 5.56 Å². The first kappa shape index (κ1) is 12.4. The predicted octanol–water partition coefficient (Wildman–Crippen LogP) is 3.56. The summed E-state index contributed by atoms with van der Waals surface area (Å²) in [5.74, 6) is -0.387. The van der Waals surface area contributed by atoms with E-state index in [1.165, 1.54) is 12.1 Å². The lowest BCUT2D eigenvalue weighted by Crippen LogP contribution is -2.11. The van der Waals surface area contributed by atoms with Crippen molar-refractivity contribution in [2.45, 2.75) is 0 Å². The smallest absolute Gasteiger partial charge is 0.166 e. The number of para-hydroxylation sites is 1.